The Labute approximate surface area is 121 Å². The number of rotatable bonds is 6. The van der Waals surface area contributed by atoms with Gasteiger partial charge in [-0.1, -0.05) is 12.1 Å². The molecule has 1 unspecified atom stereocenters. The summed E-state index contributed by atoms with van der Waals surface area (Å²) in [5, 5.41) is 3.54. The topological polar surface area (TPSA) is 39.7 Å². The number of benzene rings is 1. The van der Waals surface area contributed by atoms with Gasteiger partial charge >= 0.3 is 0 Å². The quantitative estimate of drug-likeness (QED) is 0.813. The first-order valence-electron chi connectivity index (χ1n) is 7.24. The highest BCUT2D eigenvalue weighted by Crippen LogP contribution is 2.26. The molecule has 1 fully saturated rings. The third-order valence-electron chi connectivity index (χ3n) is 3.56. The van der Waals surface area contributed by atoms with Crippen LogP contribution >= 0.6 is 0 Å². The van der Waals surface area contributed by atoms with Crippen molar-refractivity contribution in [2.75, 3.05) is 26.9 Å². The molecule has 0 saturated carbocycles. The second-order valence-electron chi connectivity index (χ2n) is 5.75. The molecule has 20 heavy (non-hydrogen) atoms. The maximum atomic E-state index is 5.75. The van der Waals surface area contributed by atoms with Gasteiger partial charge in [-0.2, -0.15) is 0 Å². The van der Waals surface area contributed by atoms with E-state index in [1.807, 2.05) is 24.3 Å². The second kappa shape index (κ2) is 6.95. The molecule has 1 saturated heterocycles. The summed E-state index contributed by atoms with van der Waals surface area (Å²) in [6, 6.07) is 8.24. The summed E-state index contributed by atoms with van der Waals surface area (Å²) in [5.74, 6) is 1.57. The van der Waals surface area contributed by atoms with E-state index in [1.54, 1.807) is 7.11 Å². The first-order chi connectivity index (χ1) is 9.61. The van der Waals surface area contributed by atoms with Crippen LogP contribution in [0.3, 0.4) is 0 Å². The lowest BCUT2D eigenvalue weighted by molar-refractivity contribution is -0.0630. The summed E-state index contributed by atoms with van der Waals surface area (Å²) in [6.45, 7) is 6.59. The van der Waals surface area contributed by atoms with Crippen molar-refractivity contribution < 1.29 is 14.2 Å². The molecule has 0 spiro atoms. The minimum atomic E-state index is -0.0145. The van der Waals surface area contributed by atoms with E-state index in [2.05, 4.69) is 19.2 Å². The van der Waals surface area contributed by atoms with Gasteiger partial charge < -0.3 is 19.5 Å². The Morgan fingerprint density at radius 3 is 2.75 bits per heavy atom. The SMILES string of the molecule is COc1ccccc1OCCNC1CCOC(C)(C)C1. The smallest absolute Gasteiger partial charge is 0.161 e. The Bertz CT molecular complexity index is 420. The van der Waals surface area contributed by atoms with E-state index in [1.165, 1.54) is 0 Å². The van der Waals surface area contributed by atoms with Crippen LogP contribution in [0.25, 0.3) is 0 Å². The van der Waals surface area contributed by atoms with Crippen LogP contribution in [0.2, 0.25) is 0 Å². The molecule has 1 aromatic rings. The lowest BCUT2D eigenvalue weighted by atomic mass is 9.94. The fraction of sp³-hybridized carbons (Fsp3) is 0.625. The maximum absolute atomic E-state index is 5.75. The number of hydrogen-bond acceptors (Lipinski definition) is 4. The Kier molecular flexibility index (Phi) is 5.26. The van der Waals surface area contributed by atoms with Gasteiger partial charge in [0, 0.05) is 19.2 Å². The predicted octanol–water partition coefficient (Wildman–Crippen LogP) is 2.62. The van der Waals surface area contributed by atoms with Crippen molar-refractivity contribution >= 4 is 0 Å². The Balaban J connectivity index is 1.71. The molecule has 4 nitrogen and oxygen atoms in total. The summed E-state index contributed by atoms with van der Waals surface area (Å²) >= 11 is 0. The van der Waals surface area contributed by atoms with Crippen molar-refractivity contribution in [3.63, 3.8) is 0 Å². The van der Waals surface area contributed by atoms with Gasteiger partial charge in [0.15, 0.2) is 11.5 Å². The van der Waals surface area contributed by atoms with Crippen molar-refractivity contribution in [2.45, 2.75) is 38.3 Å². The molecule has 0 bridgehead atoms. The minimum Gasteiger partial charge on any atom is -0.493 e. The number of nitrogens with one attached hydrogen (secondary N) is 1. The average Bonchev–Trinajstić information content (AvgIpc) is 2.43. The number of methoxy groups -OCH3 is 1. The number of ether oxygens (including phenoxy) is 3. The molecule has 1 aliphatic heterocycles. The highest BCUT2D eigenvalue weighted by molar-refractivity contribution is 5.39. The first kappa shape index (κ1) is 15.1. The minimum absolute atomic E-state index is 0.0145. The van der Waals surface area contributed by atoms with E-state index in [0.717, 1.165) is 37.5 Å². The van der Waals surface area contributed by atoms with Gasteiger partial charge in [-0.3, -0.25) is 0 Å². The van der Waals surface area contributed by atoms with E-state index < -0.39 is 0 Å². The van der Waals surface area contributed by atoms with Crippen LogP contribution in [-0.2, 0) is 4.74 Å². The Morgan fingerprint density at radius 1 is 1.30 bits per heavy atom. The molecule has 4 heteroatoms. The molecular formula is C16H25NO3. The van der Waals surface area contributed by atoms with Gasteiger partial charge in [0.1, 0.15) is 6.61 Å². The lowest BCUT2D eigenvalue weighted by Gasteiger charge is -2.35. The van der Waals surface area contributed by atoms with Crippen LogP contribution in [0.5, 0.6) is 11.5 Å². The van der Waals surface area contributed by atoms with Crippen molar-refractivity contribution in [1.29, 1.82) is 0 Å². The van der Waals surface area contributed by atoms with Gasteiger partial charge in [0.25, 0.3) is 0 Å². The second-order valence-corrected chi connectivity index (χ2v) is 5.75. The molecule has 0 amide bonds. The van der Waals surface area contributed by atoms with E-state index in [-0.39, 0.29) is 5.60 Å². The van der Waals surface area contributed by atoms with Gasteiger partial charge in [-0.15, -0.1) is 0 Å². The van der Waals surface area contributed by atoms with Crippen molar-refractivity contribution in [3.8, 4) is 11.5 Å². The van der Waals surface area contributed by atoms with E-state index in [4.69, 9.17) is 14.2 Å². The Morgan fingerprint density at radius 2 is 2.05 bits per heavy atom. The average molecular weight is 279 g/mol. The van der Waals surface area contributed by atoms with Crippen molar-refractivity contribution in [3.05, 3.63) is 24.3 Å². The standard InChI is InChI=1S/C16H25NO3/c1-16(2)12-13(8-10-20-16)17-9-11-19-15-7-5-4-6-14(15)18-3/h4-7,13,17H,8-12H2,1-3H3. The van der Waals surface area contributed by atoms with Crippen LogP contribution in [0.15, 0.2) is 24.3 Å². The number of para-hydroxylation sites is 2. The Hall–Kier alpha value is -1.26. The summed E-state index contributed by atoms with van der Waals surface area (Å²) in [7, 11) is 1.66. The van der Waals surface area contributed by atoms with Crippen molar-refractivity contribution in [1.82, 2.24) is 5.32 Å². The molecule has 1 atom stereocenters. The molecule has 1 N–H and O–H groups in total. The zero-order chi connectivity index (χ0) is 14.4. The van der Waals surface area contributed by atoms with Crippen LogP contribution in [0.4, 0.5) is 0 Å². The van der Waals surface area contributed by atoms with E-state index in [9.17, 15) is 0 Å². The zero-order valence-electron chi connectivity index (χ0n) is 12.6. The highest BCUT2D eigenvalue weighted by Gasteiger charge is 2.28. The lowest BCUT2D eigenvalue weighted by Crippen LogP contribution is -2.44. The predicted molar refractivity (Wildman–Crippen MR) is 79.5 cm³/mol. The van der Waals surface area contributed by atoms with E-state index in [0.29, 0.717) is 12.6 Å². The van der Waals surface area contributed by atoms with Gasteiger partial charge in [-0.05, 0) is 38.8 Å². The van der Waals surface area contributed by atoms with Crippen LogP contribution < -0.4 is 14.8 Å². The van der Waals surface area contributed by atoms with E-state index >= 15 is 0 Å². The fourth-order valence-electron chi connectivity index (χ4n) is 2.57. The van der Waals surface area contributed by atoms with Gasteiger partial charge in [0.2, 0.25) is 0 Å². The molecule has 0 aromatic heterocycles. The third-order valence-corrected chi connectivity index (χ3v) is 3.56. The molecular weight excluding hydrogens is 254 g/mol. The van der Waals surface area contributed by atoms with Crippen LogP contribution in [0, 0.1) is 0 Å². The molecule has 0 radical (unpaired) electrons. The normalized spacial score (nSPS) is 21.4. The highest BCUT2D eigenvalue weighted by atomic mass is 16.5. The summed E-state index contributed by atoms with van der Waals surface area (Å²) < 4.78 is 16.7. The molecule has 0 aliphatic carbocycles. The fourth-order valence-corrected chi connectivity index (χ4v) is 2.57. The third kappa shape index (κ3) is 4.39. The largest absolute Gasteiger partial charge is 0.493 e. The zero-order valence-corrected chi connectivity index (χ0v) is 12.6. The number of hydrogen-bond donors (Lipinski definition) is 1. The van der Waals surface area contributed by atoms with Gasteiger partial charge in [-0.25, -0.2) is 0 Å². The summed E-state index contributed by atoms with van der Waals surface area (Å²) in [6.07, 6.45) is 2.11. The molecule has 1 heterocycles. The molecule has 112 valence electrons. The van der Waals surface area contributed by atoms with Gasteiger partial charge in [0.05, 0.1) is 12.7 Å². The molecule has 1 aliphatic rings. The molecule has 2 rings (SSSR count). The monoisotopic (exact) mass is 279 g/mol. The van der Waals surface area contributed by atoms with Crippen molar-refractivity contribution in [2.24, 2.45) is 0 Å². The first-order valence-corrected chi connectivity index (χ1v) is 7.24. The van der Waals surface area contributed by atoms with Crippen LogP contribution in [-0.4, -0.2) is 38.5 Å². The summed E-state index contributed by atoms with van der Waals surface area (Å²) in [5.41, 5.74) is -0.0145. The maximum Gasteiger partial charge on any atom is 0.161 e. The summed E-state index contributed by atoms with van der Waals surface area (Å²) in [4.78, 5) is 0. The van der Waals surface area contributed by atoms with Crippen LogP contribution in [0.1, 0.15) is 26.7 Å². The molecule has 1 aromatic carbocycles.